The first kappa shape index (κ1) is 18.3. The van der Waals surface area contributed by atoms with Gasteiger partial charge in [0.1, 0.15) is 0 Å². The monoisotopic (exact) mass is 372 g/mol. The maximum atomic E-state index is 13.5. The molecule has 2 aliphatic heterocycles. The summed E-state index contributed by atoms with van der Waals surface area (Å²) in [5.74, 6) is -2.00. The second kappa shape index (κ2) is 7.37. The average molecular weight is 372 g/mol. The summed E-state index contributed by atoms with van der Waals surface area (Å²) in [5, 5.41) is 6.14. The highest BCUT2D eigenvalue weighted by molar-refractivity contribution is 7.91. The molecule has 2 heterocycles. The van der Waals surface area contributed by atoms with E-state index in [2.05, 4.69) is 10.6 Å². The van der Waals surface area contributed by atoms with Crippen LogP contribution in [0.5, 0.6) is 0 Å². The molecular weight excluding hydrogens is 350 g/mol. The van der Waals surface area contributed by atoms with E-state index in [-0.39, 0.29) is 41.7 Å². The summed E-state index contributed by atoms with van der Waals surface area (Å²) in [7, 11) is -3.01. The lowest BCUT2D eigenvalue weighted by molar-refractivity contribution is -0.122. The lowest BCUT2D eigenvalue weighted by atomic mass is 9.85. The van der Waals surface area contributed by atoms with Crippen LogP contribution in [0.15, 0.2) is 18.2 Å². The van der Waals surface area contributed by atoms with E-state index in [1.807, 2.05) is 0 Å². The number of rotatable bonds is 4. The van der Waals surface area contributed by atoms with Crippen molar-refractivity contribution in [2.75, 3.05) is 24.6 Å². The standard InChI is InChI=1S/C17H22F2N2O3S/c18-14-2-1-12(8-15(14)19)13-3-5-20-9-16(13)21-17(22)7-11-4-6-25(23,24)10-11/h1-2,8,11,13,16,20H,3-7,9-10H2,(H,21,22). The molecule has 0 radical (unpaired) electrons. The van der Waals surface area contributed by atoms with Gasteiger partial charge >= 0.3 is 0 Å². The molecule has 5 nitrogen and oxygen atoms in total. The number of nitrogens with one attached hydrogen (secondary N) is 2. The predicted molar refractivity (Wildman–Crippen MR) is 89.9 cm³/mol. The highest BCUT2D eigenvalue weighted by atomic mass is 32.2. The normalized spacial score (nSPS) is 28.6. The van der Waals surface area contributed by atoms with Gasteiger partial charge in [-0.25, -0.2) is 17.2 Å². The summed E-state index contributed by atoms with van der Waals surface area (Å²) in [6.45, 7) is 1.27. The highest BCUT2D eigenvalue weighted by Crippen LogP contribution is 2.28. The summed E-state index contributed by atoms with van der Waals surface area (Å²) >= 11 is 0. The van der Waals surface area contributed by atoms with Crippen LogP contribution in [0.2, 0.25) is 0 Å². The topological polar surface area (TPSA) is 75.3 Å². The lowest BCUT2D eigenvalue weighted by Crippen LogP contribution is -2.50. The molecule has 3 unspecified atom stereocenters. The number of halogens is 2. The van der Waals surface area contributed by atoms with Crippen molar-refractivity contribution < 1.29 is 22.0 Å². The number of hydrogen-bond acceptors (Lipinski definition) is 4. The minimum atomic E-state index is -3.01. The van der Waals surface area contributed by atoms with Crippen LogP contribution in [-0.2, 0) is 14.6 Å². The SMILES string of the molecule is O=C(CC1CCS(=O)(=O)C1)NC1CNCCC1c1ccc(F)c(F)c1. The molecule has 0 saturated carbocycles. The van der Waals surface area contributed by atoms with Crippen LogP contribution in [0.1, 0.15) is 30.7 Å². The molecule has 1 aromatic carbocycles. The zero-order valence-corrected chi connectivity index (χ0v) is 14.6. The van der Waals surface area contributed by atoms with E-state index in [0.717, 1.165) is 12.6 Å². The minimum absolute atomic E-state index is 0.0654. The van der Waals surface area contributed by atoms with Crippen molar-refractivity contribution in [3.8, 4) is 0 Å². The molecule has 1 aromatic rings. The highest BCUT2D eigenvalue weighted by Gasteiger charge is 2.32. The molecule has 2 fully saturated rings. The summed E-state index contributed by atoms with van der Waals surface area (Å²) in [5.41, 5.74) is 0.661. The summed E-state index contributed by atoms with van der Waals surface area (Å²) in [4.78, 5) is 12.3. The molecule has 25 heavy (non-hydrogen) atoms. The number of piperidine rings is 1. The third-order valence-electron chi connectivity index (χ3n) is 5.00. The Hall–Kier alpha value is -1.54. The van der Waals surface area contributed by atoms with Crippen molar-refractivity contribution in [3.05, 3.63) is 35.4 Å². The molecule has 0 aliphatic carbocycles. The van der Waals surface area contributed by atoms with E-state index in [1.165, 1.54) is 6.07 Å². The Labute approximate surface area is 146 Å². The second-order valence-electron chi connectivity index (χ2n) is 6.92. The van der Waals surface area contributed by atoms with Crippen molar-refractivity contribution in [3.63, 3.8) is 0 Å². The van der Waals surface area contributed by atoms with Crippen molar-refractivity contribution in [1.29, 1.82) is 0 Å². The van der Waals surface area contributed by atoms with Crippen molar-refractivity contribution in [1.82, 2.24) is 10.6 Å². The fourth-order valence-corrected chi connectivity index (χ4v) is 5.57. The summed E-state index contributed by atoms with van der Waals surface area (Å²) in [6.07, 6.45) is 1.40. The van der Waals surface area contributed by atoms with E-state index in [9.17, 15) is 22.0 Å². The van der Waals surface area contributed by atoms with Gasteiger partial charge in [0, 0.05) is 24.9 Å². The Morgan fingerprint density at radius 3 is 2.72 bits per heavy atom. The zero-order chi connectivity index (χ0) is 18.0. The van der Waals surface area contributed by atoms with E-state index in [1.54, 1.807) is 6.07 Å². The van der Waals surface area contributed by atoms with Crippen molar-refractivity contribution in [2.24, 2.45) is 5.92 Å². The Kier molecular flexibility index (Phi) is 5.38. The van der Waals surface area contributed by atoms with Gasteiger partial charge in [-0.3, -0.25) is 4.79 Å². The second-order valence-corrected chi connectivity index (χ2v) is 9.15. The van der Waals surface area contributed by atoms with Crippen LogP contribution in [0, 0.1) is 17.6 Å². The average Bonchev–Trinajstić information content (AvgIpc) is 2.89. The van der Waals surface area contributed by atoms with Gasteiger partial charge in [0.15, 0.2) is 21.5 Å². The van der Waals surface area contributed by atoms with E-state index in [4.69, 9.17) is 0 Å². The fourth-order valence-electron chi connectivity index (χ4n) is 3.71. The minimum Gasteiger partial charge on any atom is -0.351 e. The summed E-state index contributed by atoms with van der Waals surface area (Å²) in [6, 6.07) is 3.62. The van der Waals surface area contributed by atoms with Gasteiger partial charge < -0.3 is 10.6 Å². The van der Waals surface area contributed by atoms with Gasteiger partial charge in [-0.15, -0.1) is 0 Å². The van der Waals surface area contributed by atoms with E-state index >= 15 is 0 Å². The third kappa shape index (κ3) is 4.55. The fraction of sp³-hybridized carbons (Fsp3) is 0.588. The number of benzene rings is 1. The van der Waals surface area contributed by atoms with Crippen LogP contribution >= 0.6 is 0 Å². The van der Waals surface area contributed by atoms with Gasteiger partial charge in [0.2, 0.25) is 5.91 Å². The Morgan fingerprint density at radius 2 is 2.04 bits per heavy atom. The molecule has 2 saturated heterocycles. The van der Waals surface area contributed by atoms with Gasteiger partial charge in [-0.1, -0.05) is 6.07 Å². The van der Waals surface area contributed by atoms with Gasteiger partial charge in [0.05, 0.1) is 11.5 Å². The first-order valence-corrected chi connectivity index (χ1v) is 10.3. The van der Waals surface area contributed by atoms with Gasteiger partial charge in [0.25, 0.3) is 0 Å². The maximum absolute atomic E-state index is 13.5. The third-order valence-corrected chi connectivity index (χ3v) is 6.84. The largest absolute Gasteiger partial charge is 0.351 e. The van der Waals surface area contributed by atoms with Crippen LogP contribution in [0.3, 0.4) is 0 Å². The first-order valence-electron chi connectivity index (χ1n) is 8.49. The summed E-state index contributed by atoms with van der Waals surface area (Å²) < 4.78 is 49.7. The zero-order valence-electron chi connectivity index (χ0n) is 13.8. The van der Waals surface area contributed by atoms with Crippen LogP contribution in [-0.4, -0.2) is 45.0 Å². The molecule has 0 bridgehead atoms. The number of carbonyl (C=O) groups is 1. The number of sulfone groups is 1. The van der Waals surface area contributed by atoms with Crippen LogP contribution in [0.4, 0.5) is 8.78 Å². The molecular formula is C17H22F2N2O3S. The smallest absolute Gasteiger partial charge is 0.220 e. The molecule has 8 heteroatoms. The number of hydrogen-bond donors (Lipinski definition) is 2. The number of carbonyl (C=O) groups excluding carboxylic acids is 1. The van der Waals surface area contributed by atoms with E-state index < -0.39 is 21.5 Å². The molecule has 0 spiro atoms. The molecule has 138 valence electrons. The predicted octanol–water partition coefficient (Wildman–Crippen LogP) is 1.35. The number of amides is 1. The molecule has 0 aromatic heterocycles. The van der Waals surface area contributed by atoms with E-state index in [0.29, 0.717) is 24.9 Å². The maximum Gasteiger partial charge on any atom is 0.220 e. The first-order chi connectivity index (χ1) is 11.8. The van der Waals surface area contributed by atoms with Gasteiger partial charge in [-0.2, -0.15) is 0 Å². The molecule has 1 amide bonds. The molecule has 3 atom stereocenters. The van der Waals surface area contributed by atoms with Crippen molar-refractivity contribution >= 4 is 15.7 Å². The Bertz CT molecular complexity index is 754. The van der Waals surface area contributed by atoms with Crippen LogP contribution in [0.25, 0.3) is 0 Å². The quantitative estimate of drug-likeness (QED) is 0.837. The van der Waals surface area contributed by atoms with Crippen LogP contribution < -0.4 is 10.6 Å². The van der Waals surface area contributed by atoms with Crippen molar-refractivity contribution in [2.45, 2.75) is 31.2 Å². The molecule has 2 N–H and O–H groups in total. The molecule has 3 rings (SSSR count). The Balaban J connectivity index is 1.64. The van der Waals surface area contributed by atoms with Gasteiger partial charge in [-0.05, 0) is 43.0 Å². The lowest BCUT2D eigenvalue weighted by Gasteiger charge is -2.33. The molecule has 2 aliphatic rings. The Morgan fingerprint density at radius 1 is 1.24 bits per heavy atom.